The molecule has 0 unspecified atom stereocenters. The smallest absolute Gasteiger partial charge is 0.194 e. The molecule has 2 aromatic carbocycles. The fraction of sp³-hybridized carbons (Fsp3) is 0.0500. The molecule has 0 saturated heterocycles. The average Bonchev–Trinajstić information content (AvgIpc) is 3.08. The van der Waals surface area contributed by atoms with Crippen LogP contribution in [0.4, 0.5) is 0 Å². The molecule has 0 bridgehead atoms. The summed E-state index contributed by atoms with van der Waals surface area (Å²) in [5.74, 6) is 1.04. The van der Waals surface area contributed by atoms with E-state index < -0.39 is 0 Å². The lowest BCUT2D eigenvalue weighted by atomic mass is 10.00. The Labute approximate surface area is 160 Å². The molecule has 0 radical (unpaired) electrons. The number of hydrogen-bond donors (Lipinski definition) is 0. The Kier molecular flexibility index (Phi) is 4.45. The average molecular weight is 383 g/mol. The number of ketones is 1. The number of halogens is 2. The van der Waals surface area contributed by atoms with E-state index in [-0.39, 0.29) is 10.9 Å². The molecule has 0 atom stereocenters. The third-order valence-corrected chi connectivity index (χ3v) is 4.66. The van der Waals surface area contributed by atoms with Crippen molar-refractivity contribution in [2.75, 3.05) is 0 Å². The number of carbonyl (C=O) groups excluding carboxylic acids is 1. The van der Waals surface area contributed by atoms with Gasteiger partial charge in [-0.05, 0) is 24.3 Å². The number of para-hydroxylation sites is 1. The highest BCUT2D eigenvalue weighted by atomic mass is 35.5. The number of nitrogens with zero attached hydrogens (tertiary/aromatic N) is 2. The van der Waals surface area contributed by atoms with Gasteiger partial charge in [0.15, 0.2) is 5.78 Å². The summed E-state index contributed by atoms with van der Waals surface area (Å²) in [5, 5.41) is 0.581. The summed E-state index contributed by atoms with van der Waals surface area (Å²) >= 11 is 12.5. The molecule has 0 fully saturated rings. The van der Waals surface area contributed by atoms with Crippen LogP contribution in [0.25, 0.3) is 5.57 Å². The number of benzene rings is 2. The predicted molar refractivity (Wildman–Crippen MR) is 101 cm³/mol. The molecule has 0 aliphatic heterocycles. The molecule has 1 aromatic heterocycles. The van der Waals surface area contributed by atoms with Gasteiger partial charge in [0, 0.05) is 29.2 Å². The van der Waals surface area contributed by atoms with Crippen LogP contribution >= 0.6 is 23.2 Å². The molecule has 26 heavy (non-hydrogen) atoms. The monoisotopic (exact) mass is 382 g/mol. The van der Waals surface area contributed by atoms with Crippen LogP contribution in [-0.2, 0) is 6.42 Å². The minimum Gasteiger partial charge on any atom is -0.457 e. The second-order valence-corrected chi connectivity index (χ2v) is 6.46. The second-order valence-electron chi connectivity index (χ2n) is 5.69. The maximum absolute atomic E-state index is 12.9. The van der Waals surface area contributed by atoms with Crippen LogP contribution in [0.1, 0.15) is 21.6 Å². The van der Waals surface area contributed by atoms with Crippen molar-refractivity contribution in [1.82, 2.24) is 9.97 Å². The van der Waals surface area contributed by atoms with Crippen LogP contribution in [0.15, 0.2) is 60.9 Å². The minimum absolute atomic E-state index is 0.211. The van der Waals surface area contributed by atoms with Crippen LogP contribution in [0.3, 0.4) is 0 Å². The molecule has 4 rings (SSSR count). The van der Waals surface area contributed by atoms with Gasteiger partial charge in [-0.25, -0.2) is 9.97 Å². The van der Waals surface area contributed by atoms with E-state index in [9.17, 15) is 4.79 Å². The van der Waals surface area contributed by atoms with Crippen molar-refractivity contribution < 1.29 is 9.53 Å². The van der Waals surface area contributed by atoms with Gasteiger partial charge in [0.25, 0.3) is 0 Å². The summed E-state index contributed by atoms with van der Waals surface area (Å²) in [6, 6.07) is 14.3. The molecule has 1 aliphatic carbocycles. The maximum atomic E-state index is 12.9. The molecule has 0 amide bonds. The molecule has 0 saturated carbocycles. The number of carbonyl (C=O) groups is 1. The van der Waals surface area contributed by atoms with Gasteiger partial charge in [0.05, 0.1) is 10.7 Å². The highest BCUT2D eigenvalue weighted by Crippen LogP contribution is 2.35. The molecule has 6 heteroatoms. The SMILES string of the molecule is O=C(C1=CCc2ncnc(Cl)c21)c1ccc(Oc2ccccc2)cc1Cl. The first-order valence-electron chi connectivity index (χ1n) is 7.90. The summed E-state index contributed by atoms with van der Waals surface area (Å²) < 4.78 is 5.74. The van der Waals surface area contributed by atoms with Crippen molar-refractivity contribution in [2.24, 2.45) is 0 Å². The van der Waals surface area contributed by atoms with Crippen molar-refractivity contribution in [2.45, 2.75) is 6.42 Å². The second kappa shape index (κ2) is 6.90. The summed E-state index contributed by atoms with van der Waals surface area (Å²) in [6.45, 7) is 0. The summed E-state index contributed by atoms with van der Waals surface area (Å²) in [5.41, 5.74) is 2.18. The maximum Gasteiger partial charge on any atom is 0.194 e. The lowest BCUT2D eigenvalue weighted by Gasteiger charge is -2.10. The first kappa shape index (κ1) is 16.8. The molecule has 0 spiro atoms. The number of rotatable bonds is 4. The quantitative estimate of drug-likeness (QED) is 0.447. The number of Topliss-reactive ketones (excluding diaryl/α,β-unsaturated/α-hetero) is 1. The van der Waals surface area contributed by atoms with Crippen LogP contribution in [0.2, 0.25) is 10.2 Å². The fourth-order valence-electron chi connectivity index (χ4n) is 2.84. The summed E-state index contributed by atoms with van der Waals surface area (Å²) in [6.07, 6.45) is 3.74. The van der Waals surface area contributed by atoms with Crippen molar-refractivity contribution in [3.63, 3.8) is 0 Å². The summed E-state index contributed by atoms with van der Waals surface area (Å²) in [4.78, 5) is 21.1. The number of ether oxygens (including phenoxy) is 1. The van der Waals surface area contributed by atoms with E-state index in [4.69, 9.17) is 27.9 Å². The van der Waals surface area contributed by atoms with Gasteiger partial charge >= 0.3 is 0 Å². The molecule has 4 nitrogen and oxygen atoms in total. The van der Waals surface area contributed by atoms with Gasteiger partial charge in [-0.2, -0.15) is 0 Å². The Morgan fingerprint density at radius 2 is 1.81 bits per heavy atom. The number of hydrogen-bond acceptors (Lipinski definition) is 4. The lowest BCUT2D eigenvalue weighted by molar-refractivity contribution is 0.105. The highest BCUT2D eigenvalue weighted by molar-refractivity contribution is 6.41. The highest BCUT2D eigenvalue weighted by Gasteiger charge is 2.26. The van der Waals surface area contributed by atoms with Crippen LogP contribution in [0.5, 0.6) is 11.5 Å². The van der Waals surface area contributed by atoms with E-state index in [1.165, 1.54) is 6.33 Å². The fourth-order valence-corrected chi connectivity index (χ4v) is 3.35. The standard InChI is InChI=1S/C20H12Cl2N2O2/c21-16-10-13(26-12-4-2-1-3-5-12)6-7-14(16)19(25)15-8-9-17-18(15)20(22)24-11-23-17/h1-8,10-11H,9H2. The molecular formula is C20H12Cl2N2O2. The molecule has 0 N–H and O–H groups in total. The normalized spacial score (nSPS) is 12.5. The van der Waals surface area contributed by atoms with E-state index in [1.54, 1.807) is 24.3 Å². The number of aromatic nitrogens is 2. The Bertz CT molecular complexity index is 1030. The van der Waals surface area contributed by atoms with Gasteiger partial charge in [-0.15, -0.1) is 0 Å². The van der Waals surface area contributed by atoms with Gasteiger partial charge in [0.2, 0.25) is 0 Å². The zero-order chi connectivity index (χ0) is 18.1. The van der Waals surface area contributed by atoms with Crippen LogP contribution in [0, 0.1) is 0 Å². The largest absolute Gasteiger partial charge is 0.457 e. The molecule has 1 aliphatic rings. The Morgan fingerprint density at radius 3 is 2.58 bits per heavy atom. The lowest BCUT2D eigenvalue weighted by Crippen LogP contribution is -2.04. The first-order chi connectivity index (χ1) is 12.6. The Balaban J connectivity index is 1.63. The topological polar surface area (TPSA) is 52.1 Å². The van der Waals surface area contributed by atoms with Crippen LogP contribution < -0.4 is 4.74 Å². The number of allylic oxidation sites excluding steroid dienone is 2. The van der Waals surface area contributed by atoms with E-state index in [2.05, 4.69) is 9.97 Å². The number of fused-ring (bicyclic) bond motifs is 1. The van der Waals surface area contributed by atoms with Crippen molar-refractivity contribution in [3.8, 4) is 11.5 Å². The van der Waals surface area contributed by atoms with Crippen molar-refractivity contribution in [3.05, 3.63) is 87.9 Å². The Hall–Kier alpha value is -2.69. The van der Waals surface area contributed by atoms with E-state index in [0.29, 0.717) is 39.6 Å². The Morgan fingerprint density at radius 1 is 1.00 bits per heavy atom. The zero-order valence-corrected chi connectivity index (χ0v) is 15.0. The van der Waals surface area contributed by atoms with Crippen LogP contribution in [-0.4, -0.2) is 15.8 Å². The van der Waals surface area contributed by atoms with E-state index in [0.717, 1.165) is 5.69 Å². The third kappa shape index (κ3) is 3.09. The van der Waals surface area contributed by atoms with Crippen molar-refractivity contribution >= 4 is 34.6 Å². The minimum atomic E-state index is -0.211. The first-order valence-corrected chi connectivity index (χ1v) is 8.66. The molecule has 128 valence electrons. The van der Waals surface area contributed by atoms with Gasteiger partial charge in [0.1, 0.15) is 23.0 Å². The van der Waals surface area contributed by atoms with Gasteiger partial charge < -0.3 is 4.74 Å². The van der Waals surface area contributed by atoms with Gasteiger partial charge in [-0.3, -0.25) is 4.79 Å². The molecular weight excluding hydrogens is 371 g/mol. The van der Waals surface area contributed by atoms with E-state index >= 15 is 0 Å². The van der Waals surface area contributed by atoms with E-state index in [1.807, 2.05) is 30.3 Å². The molecule has 1 heterocycles. The summed E-state index contributed by atoms with van der Waals surface area (Å²) in [7, 11) is 0. The third-order valence-electron chi connectivity index (χ3n) is 4.06. The molecule has 3 aromatic rings. The zero-order valence-electron chi connectivity index (χ0n) is 13.4. The van der Waals surface area contributed by atoms with Gasteiger partial charge in [-0.1, -0.05) is 47.5 Å². The van der Waals surface area contributed by atoms with Crippen molar-refractivity contribution in [1.29, 1.82) is 0 Å². The predicted octanol–water partition coefficient (Wildman–Crippen LogP) is 5.40.